The van der Waals surface area contributed by atoms with Crippen molar-refractivity contribution in [3.63, 3.8) is 0 Å². The van der Waals surface area contributed by atoms with Gasteiger partial charge in [-0.3, -0.25) is 4.79 Å². The van der Waals surface area contributed by atoms with Crippen LogP contribution in [0.1, 0.15) is 16.1 Å². The Labute approximate surface area is 113 Å². The van der Waals surface area contributed by atoms with E-state index in [9.17, 15) is 13.6 Å². The molecular formula is C12H12F2N4O2. The van der Waals surface area contributed by atoms with E-state index in [1.807, 2.05) is 0 Å². The lowest BCUT2D eigenvalue weighted by Crippen LogP contribution is -2.26. The largest absolute Gasteiger partial charge is 0.435 e. The number of nitrogens with zero attached hydrogens (tertiary/aromatic N) is 3. The summed E-state index contributed by atoms with van der Waals surface area (Å²) in [5.41, 5.74) is 0.996. The van der Waals surface area contributed by atoms with Crippen molar-refractivity contribution in [1.82, 2.24) is 20.3 Å². The van der Waals surface area contributed by atoms with Gasteiger partial charge >= 0.3 is 6.61 Å². The maximum Gasteiger partial charge on any atom is 0.387 e. The molecule has 1 aromatic carbocycles. The first-order valence-electron chi connectivity index (χ1n) is 5.71. The third-order valence-corrected chi connectivity index (χ3v) is 2.55. The Bertz CT molecular complexity index is 557. The standard InChI is InChI=1S/C12H12F2N4O2/c1-18(11(19)10-6-15-17-16-10)7-8-2-4-9(5-3-8)20-12(13)14/h2-6,12H,7H2,1H3,(H,15,16,17). The molecule has 1 heterocycles. The van der Waals surface area contributed by atoms with Crippen molar-refractivity contribution >= 4 is 5.91 Å². The minimum absolute atomic E-state index is 0.0780. The number of hydrogen-bond acceptors (Lipinski definition) is 4. The number of halogens is 2. The Kier molecular flexibility index (Phi) is 4.24. The van der Waals surface area contributed by atoms with Crippen LogP contribution in [-0.4, -0.2) is 39.9 Å². The predicted molar refractivity (Wildman–Crippen MR) is 65.3 cm³/mol. The van der Waals surface area contributed by atoms with E-state index in [4.69, 9.17) is 0 Å². The van der Waals surface area contributed by atoms with Crippen molar-refractivity contribution in [2.75, 3.05) is 7.05 Å². The zero-order valence-corrected chi connectivity index (χ0v) is 10.6. The minimum Gasteiger partial charge on any atom is -0.435 e. The number of aromatic nitrogens is 3. The number of ether oxygens (including phenoxy) is 1. The summed E-state index contributed by atoms with van der Waals surface area (Å²) in [6, 6.07) is 6.08. The highest BCUT2D eigenvalue weighted by Crippen LogP contribution is 2.16. The molecule has 0 atom stereocenters. The topological polar surface area (TPSA) is 71.1 Å². The number of amides is 1. The second-order valence-electron chi connectivity index (χ2n) is 4.04. The van der Waals surface area contributed by atoms with Crippen molar-refractivity contribution in [2.24, 2.45) is 0 Å². The van der Waals surface area contributed by atoms with Gasteiger partial charge in [-0.25, -0.2) is 0 Å². The quantitative estimate of drug-likeness (QED) is 0.905. The molecule has 2 aromatic rings. The highest BCUT2D eigenvalue weighted by atomic mass is 19.3. The van der Waals surface area contributed by atoms with Gasteiger partial charge in [0.25, 0.3) is 5.91 Å². The first kappa shape index (κ1) is 13.9. The first-order valence-corrected chi connectivity index (χ1v) is 5.71. The molecule has 6 nitrogen and oxygen atoms in total. The van der Waals surface area contributed by atoms with E-state index in [-0.39, 0.29) is 17.4 Å². The van der Waals surface area contributed by atoms with Crippen molar-refractivity contribution in [1.29, 1.82) is 0 Å². The number of carbonyl (C=O) groups is 1. The summed E-state index contributed by atoms with van der Waals surface area (Å²) >= 11 is 0. The Balaban J connectivity index is 1.97. The maximum absolute atomic E-state index is 12.0. The molecule has 20 heavy (non-hydrogen) atoms. The molecule has 2 rings (SSSR count). The summed E-state index contributed by atoms with van der Waals surface area (Å²) < 4.78 is 28.3. The van der Waals surface area contributed by atoms with Crippen LogP contribution in [0.4, 0.5) is 8.78 Å². The van der Waals surface area contributed by atoms with Gasteiger partial charge in [0.2, 0.25) is 0 Å². The highest BCUT2D eigenvalue weighted by molar-refractivity contribution is 5.91. The van der Waals surface area contributed by atoms with Gasteiger partial charge in [0, 0.05) is 13.6 Å². The molecule has 0 aliphatic rings. The number of benzene rings is 1. The summed E-state index contributed by atoms with van der Waals surface area (Å²) in [6.45, 7) is -2.53. The van der Waals surface area contributed by atoms with Gasteiger partial charge in [-0.05, 0) is 17.7 Å². The van der Waals surface area contributed by atoms with E-state index in [1.54, 1.807) is 19.2 Å². The van der Waals surface area contributed by atoms with Crippen molar-refractivity contribution in [3.05, 3.63) is 41.7 Å². The number of hydrogen-bond donors (Lipinski definition) is 1. The Morgan fingerprint density at radius 2 is 2.10 bits per heavy atom. The van der Waals surface area contributed by atoms with E-state index < -0.39 is 6.61 Å². The van der Waals surface area contributed by atoms with E-state index in [1.165, 1.54) is 23.2 Å². The summed E-state index contributed by atoms with van der Waals surface area (Å²) in [4.78, 5) is 13.3. The number of alkyl halides is 2. The number of nitrogens with one attached hydrogen (secondary N) is 1. The number of carbonyl (C=O) groups excluding carboxylic acids is 1. The average Bonchev–Trinajstić information content (AvgIpc) is 2.93. The molecule has 0 unspecified atom stereocenters. The lowest BCUT2D eigenvalue weighted by molar-refractivity contribution is -0.0498. The maximum atomic E-state index is 12.0. The van der Waals surface area contributed by atoms with Gasteiger partial charge in [-0.2, -0.15) is 24.2 Å². The molecule has 0 fully saturated rings. The van der Waals surface area contributed by atoms with Gasteiger partial charge < -0.3 is 9.64 Å². The smallest absolute Gasteiger partial charge is 0.387 e. The van der Waals surface area contributed by atoms with Crippen LogP contribution in [0.5, 0.6) is 5.75 Å². The molecule has 1 N–H and O–H groups in total. The Hall–Kier alpha value is -2.51. The van der Waals surface area contributed by atoms with Crippen molar-refractivity contribution < 1.29 is 18.3 Å². The summed E-state index contributed by atoms with van der Waals surface area (Å²) in [7, 11) is 1.61. The van der Waals surface area contributed by atoms with Crippen LogP contribution in [0.15, 0.2) is 30.5 Å². The van der Waals surface area contributed by atoms with Gasteiger partial charge in [0.1, 0.15) is 5.75 Å². The molecule has 0 aliphatic heterocycles. The van der Waals surface area contributed by atoms with E-state index in [0.717, 1.165) is 5.56 Å². The molecule has 0 saturated carbocycles. The molecule has 0 bridgehead atoms. The fraction of sp³-hybridized carbons (Fsp3) is 0.250. The Morgan fingerprint density at radius 1 is 1.40 bits per heavy atom. The molecule has 0 saturated heterocycles. The van der Waals surface area contributed by atoms with E-state index >= 15 is 0 Å². The molecule has 0 aliphatic carbocycles. The first-order chi connectivity index (χ1) is 9.56. The fourth-order valence-corrected chi connectivity index (χ4v) is 1.62. The van der Waals surface area contributed by atoms with Gasteiger partial charge in [-0.1, -0.05) is 12.1 Å². The lowest BCUT2D eigenvalue weighted by Gasteiger charge is -2.16. The SMILES string of the molecule is CN(Cc1ccc(OC(F)F)cc1)C(=O)c1cn[nH]n1. The van der Waals surface area contributed by atoms with Gasteiger partial charge in [0.05, 0.1) is 6.20 Å². The second kappa shape index (κ2) is 6.09. The van der Waals surface area contributed by atoms with Crippen molar-refractivity contribution in [3.8, 4) is 5.75 Å². The third-order valence-electron chi connectivity index (χ3n) is 2.55. The number of aromatic amines is 1. The van der Waals surface area contributed by atoms with Crippen LogP contribution in [-0.2, 0) is 6.54 Å². The number of H-pyrrole nitrogens is 1. The minimum atomic E-state index is -2.85. The predicted octanol–water partition coefficient (Wildman–Crippen LogP) is 1.68. The third kappa shape index (κ3) is 3.50. The lowest BCUT2D eigenvalue weighted by atomic mass is 10.2. The second-order valence-corrected chi connectivity index (χ2v) is 4.04. The van der Waals surface area contributed by atoms with Crippen LogP contribution in [0, 0.1) is 0 Å². The van der Waals surface area contributed by atoms with Crippen LogP contribution < -0.4 is 4.74 Å². The molecule has 106 valence electrons. The van der Waals surface area contributed by atoms with E-state index in [2.05, 4.69) is 20.1 Å². The Morgan fingerprint density at radius 3 is 2.65 bits per heavy atom. The van der Waals surface area contributed by atoms with E-state index in [0.29, 0.717) is 6.54 Å². The molecule has 1 amide bonds. The highest BCUT2D eigenvalue weighted by Gasteiger charge is 2.14. The molecule has 8 heteroatoms. The van der Waals surface area contributed by atoms with Crippen LogP contribution in [0.25, 0.3) is 0 Å². The normalized spacial score (nSPS) is 10.6. The molecular weight excluding hydrogens is 270 g/mol. The zero-order valence-electron chi connectivity index (χ0n) is 10.6. The summed E-state index contributed by atoms with van der Waals surface area (Å²) in [5, 5.41) is 9.62. The zero-order chi connectivity index (χ0) is 14.5. The molecule has 0 spiro atoms. The summed E-state index contributed by atoms with van der Waals surface area (Å²) in [6.07, 6.45) is 1.33. The van der Waals surface area contributed by atoms with Crippen LogP contribution >= 0.6 is 0 Å². The average molecular weight is 282 g/mol. The van der Waals surface area contributed by atoms with Crippen LogP contribution in [0.3, 0.4) is 0 Å². The summed E-state index contributed by atoms with van der Waals surface area (Å²) in [5.74, 6) is -0.208. The molecule has 0 radical (unpaired) electrons. The molecule has 1 aromatic heterocycles. The van der Waals surface area contributed by atoms with Crippen molar-refractivity contribution in [2.45, 2.75) is 13.2 Å². The van der Waals surface area contributed by atoms with Gasteiger partial charge in [0.15, 0.2) is 5.69 Å². The monoisotopic (exact) mass is 282 g/mol. The fourth-order valence-electron chi connectivity index (χ4n) is 1.62. The number of rotatable bonds is 5. The van der Waals surface area contributed by atoms with Gasteiger partial charge in [-0.15, -0.1) is 0 Å². The van der Waals surface area contributed by atoms with Crippen LogP contribution in [0.2, 0.25) is 0 Å².